The fourth-order valence-electron chi connectivity index (χ4n) is 1.73. The number of aryl methyl sites for hydroxylation is 1. The summed E-state index contributed by atoms with van der Waals surface area (Å²) < 4.78 is 0. The Hall–Kier alpha value is -1.36. The molecule has 0 bridgehead atoms. The zero-order valence-electron chi connectivity index (χ0n) is 12.6. The molecule has 112 valence electrons. The first-order chi connectivity index (χ1) is 9.43. The molecular formula is C14H23ClN4O. The van der Waals surface area contributed by atoms with Gasteiger partial charge in [-0.3, -0.25) is 4.79 Å². The second-order valence-corrected chi connectivity index (χ2v) is 5.41. The van der Waals surface area contributed by atoms with Crippen LogP contribution in [0.15, 0.2) is 0 Å². The largest absolute Gasteiger partial charge is 0.369 e. The van der Waals surface area contributed by atoms with Crippen LogP contribution in [0, 0.1) is 6.92 Å². The summed E-state index contributed by atoms with van der Waals surface area (Å²) in [6.07, 6.45) is 2.17. The van der Waals surface area contributed by atoms with E-state index in [2.05, 4.69) is 27.5 Å². The van der Waals surface area contributed by atoms with Gasteiger partial charge in [-0.2, -0.15) is 0 Å². The lowest BCUT2D eigenvalue weighted by Gasteiger charge is -2.12. The number of nitrogens with one attached hydrogen (secondary N) is 2. The number of amides is 1. The molecule has 0 aliphatic carbocycles. The number of hydrogen-bond donors (Lipinski definition) is 2. The number of rotatable bonds is 7. The molecule has 0 radical (unpaired) electrons. The van der Waals surface area contributed by atoms with E-state index in [1.165, 1.54) is 0 Å². The highest BCUT2D eigenvalue weighted by Crippen LogP contribution is 2.20. The maximum absolute atomic E-state index is 11.6. The maximum atomic E-state index is 11.6. The van der Waals surface area contributed by atoms with E-state index in [4.69, 9.17) is 11.6 Å². The Kier molecular flexibility index (Phi) is 6.71. The van der Waals surface area contributed by atoms with Gasteiger partial charge < -0.3 is 10.6 Å². The van der Waals surface area contributed by atoms with Gasteiger partial charge in [-0.05, 0) is 27.2 Å². The van der Waals surface area contributed by atoms with Crippen molar-refractivity contribution < 1.29 is 4.79 Å². The highest BCUT2D eigenvalue weighted by atomic mass is 35.5. The number of halogens is 1. The van der Waals surface area contributed by atoms with Crippen LogP contribution in [-0.4, -0.2) is 28.5 Å². The van der Waals surface area contributed by atoms with Crippen molar-refractivity contribution in [1.82, 2.24) is 15.3 Å². The number of carbonyl (C=O) groups excluding carboxylic acids is 1. The minimum absolute atomic E-state index is 0.0269. The molecule has 0 aliphatic heterocycles. The van der Waals surface area contributed by atoms with Crippen LogP contribution in [0.5, 0.6) is 0 Å². The summed E-state index contributed by atoms with van der Waals surface area (Å²) >= 11 is 6.09. The van der Waals surface area contributed by atoms with E-state index < -0.39 is 0 Å². The van der Waals surface area contributed by atoms with Gasteiger partial charge in [0, 0.05) is 31.0 Å². The topological polar surface area (TPSA) is 66.9 Å². The molecule has 6 heteroatoms. The van der Waals surface area contributed by atoms with Gasteiger partial charge in [-0.25, -0.2) is 9.97 Å². The van der Waals surface area contributed by atoms with Crippen molar-refractivity contribution >= 4 is 23.3 Å². The number of aromatic nitrogens is 2. The second kappa shape index (κ2) is 8.04. The van der Waals surface area contributed by atoms with E-state index in [-0.39, 0.29) is 11.9 Å². The minimum Gasteiger partial charge on any atom is -0.369 e. The summed E-state index contributed by atoms with van der Waals surface area (Å²) in [7, 11) is 0. The summed E-state index contributed by atoms with van der Waals surface area (Å²) in [5, 5.41) is 6.48. The van der Waals surface area contributed by atoms with Crippen molar-refractivity contribution in [2.45, 2.75) is 53.0 Å². The van der Waals surface area contributed by atoms with Crippen molar-refractivity contribution in [2.24, 2.45) is 0 Å². The van der Waals surface area contributed by atoms with Crippen LogP contribution < -0.4 is 10.6 Å². The molecule has 5 nitrogen and oxygen atoms in total. The lowest BCUT2D eigenvalue weighted by atomic mass is 10.3. The third kappa shape index (κ3) is 5.33. The Morgan fingerprint density at radius 2 is 2.05 bits per heavy atom. The quantitative estimate of drug-likeness (QED) is 0.760. The van der Waals surface area contributed by atoms with Crippen molar-refractivity contribution in [3.05, 3.63) is 16.5 Å². The van der Waals surface area contributed by atoms with Crippen LogP contribution in [-0.2, 0) is 11.2 Å². The van der Waals surface area contributed by atoms with E-state index in [1.54, 1.807) is 0 Å². The monoisotopic (exact) mass is 298 g/mol. The molecule has 0 fully saturated rings. The highest BCUT2D eigenvalue weighted by Gasteiger charge is 2.09. The summed E-state index contributed by atoms with van der Waals surface area (Å²) in [5.41, 5.74) is 0.816. The summed E-state index contributed by atoms with van der Waals surface area (Å²) in [4.78, 5) is 20.2. The fourth-order valence-corrected chi connectivity index (χ4v) is 1.92. The molecule has 0 saturated heterocycles. The maximum Gasteiger partial charge on any atom is 0.221 e. The van der Waals surface area contributed by atoms with Crippen LogP contribution in [0.2, 0.25) is 5.15 Å². The predicted octanol–water partition coefficient (Wildman–Crippen LogP) is 2.72. The Labute approximate surface area is 125 Å². The Balaban J connectivity index is 2.61. The number of anilines is 1. The zero-order chi connectivity index (χ0) is 15.1. The Morgan fingerprint density at radius 3 is 2.65 bits per heavy atom. The van der Waals surface area contributed by atoms with Crippen molar-refractivity contribution in [1.29, 1.82) is 0 Å². The van der Waals surface area contributed by atoms with Gasteiger partial charge in [0.05, 0.1) is 0 Å². The van der Waals surface area contributed by atoms with E-state index >= 15 is 0 Å². The van der Waals surface area contributed by atoms with E-state index in [9.17, 15) is 4.79 Å². The SMILES string of the molecule is CCCc1nc(Cl)c(C)c(NCCC(=O)NC(C)C)n1. The third-order valence-electron chi connectivity index (χ3n) is 2.70. The predicted molar refractivity (Wildman–Crippen MR) is 82.2 cm³/mol. The smallest absolute Gasteiger partial charge is 0.221 e. The molecular weight excluding hydrogens is 276 g/mol. The van der Waals surface area contributed by atoms with Gasteiger partial charge in [0.25, 0.3) is 0 Å². The van der Waals surface area contributed by atoms with Gasteiger partial charge in [0.15, 0.2) is 0 Å². The van der Waals surface area contributed by atoms with Gasteiger partial charge in [-0.1, -0.05) is 18.5 Å². The molecule has 0 atom stereocenters. The first-order valence-corrected chi connectivity index (χ1v) is 7.38. The average molecular weight is 299 g/mol. The van der Waals surface area contributed by atoms with Crippen molar-refractivity contribution in [2.75, 3.05) is 11.9 Å². The summed E-state index contributed by atoms with van der Waals surface area (Å²) in [6.45, 7) is 8.35. The van der Waals surface area contributed by atoms with Gasteiger partial charge in [0.2, 0.25) is 5.91 Å². The van der Waals surface area contributed by atoms with Gasteiger partial charge in [0.1, 0.15) is 16.8 Å². The molecule has 1 aromatic rings. The average Bonchev–Trinajstić information content (AvgIpc) is 2.34. The summed E-state index contributed by atoms with van der Waals surface area (Å²) in [6, 6.07) is 0.161. The second-order valence-electron chi connectivity index (χ2n) is 5.05. The molecule has 0 unspecified atom stereocenters. The van der Waals surface area contributed by atoms with E-state index in [0.717, 1.165) is 24.2 Å². The molecule has 1 rings (SSSR count). The van der Waals surface area contributed by atoms with Gasteiger partial charge >= 0.3 is 0 Å². The molecule has 0 aromatic carbocycles. The molecule has 2 N–H and O–H groups in total. The lowest BCUT2D eigenvalue weighted by Crippen LogP contribution is -2.31. The van der Waals surface area contributed by atoms with Crippen molar-refractivity contribution in [3.63, 3.8) is 0 Å². The third-order valence-corrected chi connectivity index (χ3v) is 3.07. The number of hydrogen-bond acceptors (Lipinski definition) is 4. The van der Waals surface area contributed by atoms with Crippen LogP contribution in [0.1, 0.15) is 45.0 Å². The van der Waals surface area contributed by atoms with E-state index in [1.807, 2.05) is 20.8 Å². The molecule has 1 heterocycles. The minimum atomic E-state index is 0.0269. The first-order valence-electron chi connectivity index (χ1n) is 7.00. The fraction of sp³-hybridized carbons (Fsp3) is 0.643. The van der Waals surface area contributed by atoms with Crippen LogP contribution >= 0.6 is 11.6 Å². The Bertz CT molecular complexity index is 463. The molecule has 1 amide bonds. The molecule has 0 saturated carbocycles. The molecule has 20 heavy (non-hydrogen) atoms. The number of carbonyl (C=O) groups is 1. The normalized spacial score (nSPS) is 10.7. The lowest BCUT2D eigenvalue weighted by molar-refractivity contribution is -0.121. The molecule has 0 aliphatic rings. The number of nitrogens with zero attached hydrogens (tertiary/aromatic N) is 2. The Morgan fingerprint density at radius 1 is 1.35 bits per heavy atom. The zero-order valence-corrected chi connectivity index (χ0v) is 13.3. The van der Waals surface area contributed by atoms with E-state index in [0.29, 0.717) is 23.9 Å². The molecule has 1 aromatic heterocycles. The van der Waals surface area contributed by atoms with Gasteiger partial charge in [-0.15, -0.1) is 0 Å². The highest BCUT2D eigenvalue weighted by molar-refractivity contribution is 6.30. The standard InChI is InChI=1S/C14H23ClN4O/c1-5-6-11-18-13(15)10(4)14(19-11)16-8-7-12(20)17-9(2)3/h9H,5-8H2,1-4H3,(H,17,20)(H,16,18,19). The van der Waals surface area contributed by atoms with Crippen LogP contribution in [0.3, 0.4) is 0 Å². The summed E-state index contributed by atoms with van der Waals surface area (Å²) in [5.74, 6) is 1.47. The first kappa shape index (κ1) is 16.7. The van der Waals surface area contributed by atoms with Crippen LogP contribution in [0.25, 0.3) is 0 Å². The van der Waals surface area contributed by atoms with Crippen LogP contribution in [0.4, 0.5) is 5.82 Å². The van der Waals surface area contributed by atoms with Crippen molar-refractivity contribution in [3.8, 4) is 0 Å². The molecule has 0 spiro atoms.